The minimum Gasteiger partial charge on any atom is -0.480 e. The number of nitro groups is 1. The molecule has 2 fully saturated rings. The Hall–Kier alpha value is -2.68. The van der Waals surface area contributed by atoms with Crippen LogP contribution in [0.25, 0.3) is 0 Å². The van der Waals surface area contributed by atoms with Crippen molar-refractivity contribution in [1.29, 1.82) is 0 Å². The standard InChI is InChI=1S/C16H19N3O6/c20-14(18-16(15(21)22)5-7-25-8-6-16)10-1-4-12(17-11-2-3-11)13(9-10)19(23)24/h1,4,9,11,17H,2-3,5-8H2,(H,18,20)(H,21,22). The number of benzene rings is 1. The molecule has 1 heterocycles. The summed E-state index contributed by atoms with van der Waals surface area (Å²) in [6, 6.07) is 4.36. The zero-order chi connectivity index (χ0) is 18.0. The first-order chi connectivity index (χ1) is 11.9. The van der Waals surface area contributed by atoms with Crippen molar-refractivity contribution in [2.45, 2.75) is 37.3 Å². The number of carbonyl (C=O) groups excluding carboxylic acids is 1. The van der Waals surface area contributed by atoms with Crippen LogP contribution in [0.4, 0.5) is 11.4 Å². The van der Waals surface area contributed by atoms with Gasteiger partial charge in [-0.2, -0.15) is 0 Å². The van der Waals surface area contributed by atoms with Crippen LogP contribution in [0.3, 0.4) is 0 Å². The van der Waals surface area contributed by atoms with Crippen molar-refractivity contribution in [2.75, 3.05) is 18.5 Å². The molecule has 1 aliphatic carbocycles. The second-order valence-electron chi connectivity index (χ2n) is 6.36. The topological polar surface area (TPSA) is 131 Å². The normalized spacial score (nSPS) is 19.0. The van der Waals surface area contributed by atoms with Crippen molar-refractivity contribution < 1.29 is 24.4 Å². The van der Waals surface area contributed by atoms with Crippen molar-refractivity contribution in [1.82, 2.24) is 5.32 Å². The third-order valence-electron chi connectivity index (χ3n) is 4.50. The number of amides is 1. The number of aliphatic carboxylic acids is 1. The highest BCUT2D eigenvalue weighted by Crippen LogP contribution is 2.32. The van der Waals surface area contributed by atoms with Gasteiger partial charge in [-0.1, -0.05) is 0 Å². The number of rotatable bonds is 6. The first-order valence-electron chi connectivity index (χ1n) is 8.10. The Labute approximate surface area is 143 Å². The monoisotopic (exact) mass is 349 g/mol. The Balaban J connectivity index is 1.82. The maximum Gasteiger partial charge on any atom is 0.329 e. The lowest BCUT2D eigenvalue weighted by molar-refractivity contribution is -0.384. The Kier molecular flexibility index (Phi) is 4.58. The third-order valence-corrected chi connectivity index (χ3v) is 4.50. The van der Waals surface area contributed by atoms with Gasteiger partial charge in [0.25, 0.3) is 11.6 Å². The number of carboxylic acid groups (broad SMARTS) is 1. The molecule has 0 unspecified atom stereocenters. The van der Waals surface area contributed by atoms with Gasteiger partial charge in [0.15, 0.2) is 0 Å². The number of ether oxygens (including phenoxy) is 1. The van der Waals surface area contributed by atoms with Gasteiger partial charge in [0.1, 0.15) is 11.2 Å². The maximum absolute atomic E-state index is 12.5. The van der Waals surface area contributed by atoms with Gasteiger partial charge in [0.05, 0.1) is 4.92 Å². The van der Waals surface area contributed by atoms with Crippen molar-refractivity contribution in [3.63, 3.8) is 0 Å². The van der Waals surface area contributed by atoms with E-state index in [1.807, 2.05) is 0 Å². The fourth-order valence-electron chi connectivity index (χ4n) is 2.80. The molecule has 0 bridgehead atoms. The molecule has 25 heavy (non-hydrogen) atoms. The second-order valence-corrected chi connectivity index (χ2v) is 6.36. The molecule has 1 aromatic carbocycles. The van der Waals surface area contributed by atoms with Gasteiger partial charge >= 0.3 is 5.97 Å². The number of hydrogen-bond donors (Lipinski definition) is 3. The van der Waals surface area contributed by atoms with E-state index in [-0.39, 0.29) is 43.3 Å². The second kappa shape index (κ2) is 6.67. The molecule has 3 N–H and O–H groups in total. The average Bonchev–Trinajstić information content (AvgIpc) is 3.39. The fourth-order valence-corrected chi connectivity index (χ4v) is 2.80. The van der Waals surface area contributed by atoms with E-state index in [0.717, 1.165) is 12.8 Å². The van der Waals surface area contributed by atoms with Gasteiger partial charge in [-0.15, -0.1) is 0 Å². The molecule has 1 aliphatic heterocycles. The molecule has 0 aromatic heterocycles. The lowest BCUT2D eigenvalue weighted by atomic mass is 9.89. The van der Waals surface area contributed by atoms with E-state index in [2.05, 4.69) is 10.6 Å². The number of hydrogen-bond acceptors (Lipinski definition) is 6. The molecule has 9 nitrogen and oxygen atoms in total. The first kappa shape index (κ1) is 17.2. The average molecular weight is 349 g/mol. The molecule has 0 spiro atoms. The number of nitro benzene ring substituents is 1. The Morgan fingerprint density at radius 2 is 1.96 bits per heavy atom. The summed E-state index contributed by atoms with van der Waals surface area (Å²) >= 11 is 0. The molecule has 1 saturated carbocycles. The minimum absolute atomic E-state index is 0.0557. The molecule has 1 saturated heterocycles. The summed E-state index contributed by atoms with van der Waals surface area (Å²) < 4.78 is 5.16. The summed E-state index contributed by atoms with van der Waals surface area (Å²) in [6.07, 6.45) is 2.22. The summed E-state index contributed by atoms with van der Waals surface area (Å²) in [5.41, 5.74) is -1.19. The first-order valence-corrected chi connectivity index (χ1v) is 8.10. The molecule has 0 radical (unpaired) electrons. The summed E-state index contributed by atoms with van der Waals surface area (Å²) in [6.45, 7) is 0.466. The lowest BCUT2D eigenvalue weighted by Gasteiger charge is -2.33. The van der Waals surface area contributed by atoms with E-state index in [9.17, 15) is 24.8 Å². The van der Waals surface area contributed by atoms with Gasteiger partial charge in [-0.3, -0.25) is 14.9 Å². The van der Waals surface area contributed by atoms with Crippen LogP contribution in [-0.2, 0) is 9.53 Å². The van der Waals surface area contributed by atoms with Crippen LogP contribution in [0, 0.1) is 10.1 Å². The smallest absolute Gasteiger partial charge is 0.329 e. The molecule has 0 atom stereocenters. The van der Waals surface area contributed by atoms with E-state index in [0.29, 0.717) is 5.69 Å². The summed E-state index contributed by atoms with van der Waals surface area (Å²) in [4.78, 5) is 34.8. The Morgan fingerprint density at radius 3 is 2.52 bits per heavy atom. The zero-order valence-electron chi connectivity index (χ0n) is 13.5. The minimum atomic E-state index is -1.41. The highest BCUT2D eigenvalue weighted by atomic mass is 16.6. The Bertz CT molecular complexity index is 710. The predicted molar refractivity (Wildman–Crippen MR) is 87.6 cm³/mol. The molecule has 2 aliphatic rings. The van der Waals surface area contributed by atoms with E-state index >= 15 is 0 Å². The molecular formula is C16H19N3O6. The summed E-state index contributed by atoms with van der Waals surface area (Å²) in [5, 5.41) is 26.4. The van der Waals surface area contributed by atoms with Crippen molar-refractivity contribution in [3.8, 4) is 0 Å². The van der Waals surface area contributed by atoms with Gasteiger partial charge in [-0.25, -0.2) is 4.79 Å². The lowest BCUT2D eigenvalue weighted by Crippen LogP contribution is -2.57. The quantitative estimate of drug-likeness (QED) is 0.524. The van der Waals surface area contributed by atoms with Crippen LogP contribution in [-0.4, -0.2) is 46.7 Å². The van der Waals surface area contributed by atoms with Gasteiger partial charge in [-0.05, 0) is 25.0 Å². The SMILES string of the molecule is O=C(NC1(C(=O)O)CCOCC1)c1ccc(NC2CC2)c([N+](=O)[O-])c1. The van der Waals surface area contributed by atoms with E-state index < -0.39 is 22.3 Å². The van der Waals surface area contributed by atoms with Crippen LogP contribution in [0.5, 0.6) is 0 Å². The van der Waals surface area contributed by atoms with Crippen LogP contribution < -0.4 is 10.6 Å². The summed E-state index contributed by atoms with van der Waals surface area (Å²) in [5.74, 6) is -1.78. The molecule has 134 valence electrons. The number of nitrogens with one attached hydrogen (secondary N) is 2. The third kappa shape index (κ3) is 3.71. The predicted octanol–water partition coefficient (Wildman–Crippen LogP) is 1.53. The molecule has 1 aromatic rings. The van der Waals surface area contributed by atoms with Crippen LogP contribution >= 0.6 is 0 Å². The number of carboxylic acids is 1. The highest BCUT2D eigenvalue weighted by molar-refractivity contribution is 5.99. The van der Waals surface area contributed by atoms with E-state index in [1.165, 1.54) is 18.2 Å². The van der Waals surface area contributed by atoms with E-state index in [4.69, 9.17) is 4.74 Å². The molecular weight excluding hydrogens is 330 g/mol. The highest BCUT2D eigenvalue weighted by Gasteiger charge is 2.42. The summed E-state index contributed by atoms with van der Waals surface area (Å²) in [7, 11) is 0. The van der Waals surface area contributed by atoms with Gasteiger partial charge < -0.3 is 20.5 Å². The number of nitrogens with zero attached hydrogens (tertiary/aromatic N) is 1. The van der Waals surface area contributed by atoms with E-state index in [1.54, 1.807) is 0 Å². The van der Waals surface area contributed by atoms with Crippen molar-refractivity contribution in [3.05, 3.63) is 33.9 Å². The number of anilines is 1. The largest absolute Gasteiger partial charge is 0.480 e. The van der Waals surface area contributed by atoms with Crippen LogP contribution in [0.15, 0.2) is 18.2 Å². The van der Waals surface area contributed by atoms with Crippen molar-refractivity contribution >= 4 is 23.3 Å². The Morgan fingerprint density at radius 1 is 1.28 bits per heavy atom. The zero-order valence-corrected chi connectivity index (χ0v) is 13.5. The van der Waals surface area contributed by atoms with Crippen LogP contribution in [0.2, 0.25) is 0 Å². The fraction of sp³-hybridized carbons (Fsp3) is 0.500. The van der Waals surface area contributed by atoms with Crippen LogP contribution in [0.1, 0.15) is 36.0 Å². The number of carbonyl (C=O) groups is 2. The van der Waals surface area contributed by atoms with Crippen molar-refractivity contribution in [2.24, 2.45) is 0 Å². The maximum atomic E-state index is 12.5. The van der Waals surface area contributed by atoms with Gasteiger partial charge in [0.2, 0.25) is 0 Å². The molecule has 9 heteroatoms. The molecule has 3 rings (SSSR count). The molecule has 1 amide bonds. The van der Waals surface area contributed by atoms with Gasteiger partial charge in [0, 0.05) is 43.7 Å².